The molecular weight excluding hydrogens is 320 g/mol. The summed E-state index contributed by atoms with van der Waals surface area (Å²) in [7, 11) is -3.19. The second kappa shape index (κ2) is 7.67. The highest BCUT2D eigenvalue weighted by Crippen LogP contribution is 2.36. The van der Waals surface area contributed by atoms with Gasteiger partial charge in [-0.1, -0.05) is 58.5 Å². The first-order valence-corrected chi connectivity index (χ1v) is 14.9. The summed E-state index contributed by atoms with van der Waals surface area (Å²) in [5.74, 6) is 2.96. The fourth-order valence-corrected chi connectivity index (χ4v) is 3.41. The monoisotopic (exact) mass is 354 g/mol. The van der Waals surface area contributed by atoms with Gasteiger partial charge in [-0.05, 0) is 18.1 Å². The van der Waals surface area contributed by atoms with Crippen molar-refractivity contribution in [3.05, 3.63) is 12.2 Å². The lowest BCUT2D eigenvalue weighted by molar-refractivity contribution is 0.00325. The second-order valence-electron chi connectivity index (χ2n) is 8.96. The quantitative estimate of drug-likeness (QED) is 0.474. The predicted molar refractivity (Wildman–Crippen MR) is 103 cm³/mol. The SMILES string of the molecule is CC(C)(C)[Si](C)(C)OC[C@@H]1C=C[C@H]([C@H](O)C#C[Si](C)(C)C)CO1. The summed E-state index contributed by atoms with van der Waals surface area (Å²) in [6.07, 6.45) is 3.39. The molecule has 0 aliphatic carbocycles. The van der Waals surface area contributed by atoms with Gasteiger partial charge < -0.3 is 14.3 Å². The topological polar surface area (TPSA) is 38.7 Å². The van der Waals surface area contributed by atoms with Crippen LogP contribution in [-0.2, 0) is 9.16 Å². The molecule has 3 nitrogen and oxygen atoms in total. The molecule has 0 saturated carbocycles. The number of rotatable bonds is 4. The lowest BCUT2D eigenvalue weighted by Crippen LogP contribution is -2.43. The molecule has 0 unspecified atom stereocenters. The van der Waals surface area contributed by atoms with E-state index in [0.29, 0.717) is 13.2 Å². The van der Waals surface area contributed by atoms with Gasteiger partial charge in [0.1, 0.15) is 14.2 Å². The molecule has 1 aliphatic heterocycles. The maximum Gasteiger partial charge on any atom is 0.192 e. The number of aliphatic hydroxyl groups excluding tert-OH is 1. The number of hydrogen-bond acceptors (Lipinski definition) is 3. The van der Waals surface area contributed by atoms with Crippen molar-refractivity contribution in [2.75, 3.05) is 13.2 Å². The standard InChI is InChI=1S/C18H34O3Si2/c1-18(2,3)23(7,8)21-14-16-10-9-15(13-20-16)17(19)11-12-22(4,5)6/h9-10,15-17,19H,13-14H2,1-8H3/t15-,16-,17+/m0/s1. The third-order valence-electron chi connectivity index (χ3n) is 4.49. The molecule has 1 rings (SSSR count). The normalized spacial score (nSPS) is 24.0. The molecule has 0 aromatic rings. The molecule has 0 fully saturated rings. The van der Waals surface area contributed by atoms with Gasteiger partial charge in [0.25, 0.3) is 0 Å². The summed E-state index contributed by atoms with van der Waals surface area (Å²) in [6, 6.07) is 0. The Hall–Kier alpha value is -0.386. The third-order valence-corrected chi connectivity index (χ3v) is 9.89. The van der Waals surface area contributed by atoms with Crippen LogP contribution in [0.3, 0.4) is 0 Å². The molecule has 1 N–H and O–H groups in total. The van der Waals surface area contributed by atoms with Crippen LogP contribution in [0, 0.1) is 17.4 Å². The van der Waals surface area contributed by atoms with Crippen LogP contribution in [0.2, 0.25) is 37.8 Å². The lowest BCUT2D eigenvalue weighted by atomic mass is 10.0. The molecule has 0 saturated heterocycles. The average Bonchev–Trinajstić information content (AvgIpc) is 2.41. The molecular formula is C18H34O3Si2. The zero-order valence-corrected chi connectivity index (χ0v) is 18.1. The van der Waals surface area contributed by atoms with Crippen LogP contribution in [0.1, 0.15) is 20.8 Å². The Kier molecular flexibility index (Phi) is 6.89. The van der Waals surface area contributed by atoms with Crippen molar-refractivity contribution in [2.45, 2.75) is 70.8 Å². The molecule has 1 aliphatic rings. The van der Waals surface area contributed by atoms with Gasteiger partial charge in [0, 0.05) is 5.92 Å². The highest BCUT2D eigenvalue weighted by atomic mass is 28.4. The highest BCUT2D eigenvalue weighted by molar-refractivity contribution is 6.83. The molecule has 0 spiro atoms. The van der Waals surface area contributed by atoms with Gasteiger partial charge in [-0.2, -0.15) is 0 Å². The van der Waals surface area contributed by atoms with Gasteiger partial charge in [-0.25, -0.2) is 0 Å². The molecule has 0 aromatic carbocycles. The van der Waals surface area contributed by atoms with E-state index < -0.39 is 22.5 Å². The van der Waals surface area contributed by atoms with Gasteiger partial charge in [0.05, 0.1) is 19.3 Å². The van der Waals surface area contributed by atoms with Crippen molar-refractivity contribution in [2.24, 2.45) is 5.92 Å². The molecule has 0 bridgehead atoms. The highest BCUT2D eigenvalue weighted by Gasteiger charge is 2.37. The maximum atomic E-state index is 10.2. The Morgan fingerprint density at radius 1 is 1.22 bits per heavy atom. The predicted octanol–water partition coefficient (Wildman–Crippen LogP) is 3.82. The first kappa shape index (κ1) is 20.7. The lowest BCUT2D eigenvalue weighted by Gasteiger charge is -2.37. The molecule has 0 amide bonds. The van der Waals surface area contributed by atoms with Crippen molar-refractivity contribution >= 4 is 16.4 Å². The minimum Gasteiger partial charge on any atom is -0.414 e. The minimum absolute atomic E-state index is 0.0162. The summed E-state index contributed by atoms with van der Waals surface area (Å²) in [5, 5.41) is 10.4. The summed E-state index contributed by atoms with van der Waals surface area (Å²) in [6.45, 7) is 18.8. The van der Waals surface area contributed by atoms with Gasteiger partial charge in [0.15, 0.2) is 8.32 Å². The maximum absolute atomic E-state index is 10.2. The molecule has 0 aromatic heterocycles. The summed E-state index contributed by atoms with van der Waals surface area (Å²) in [4.78, 5) is 0. The van der Waals surface area contributed by atoms with E-state index in [0.717, 1.165) is 0 Å². The summed E-state index contributed by atoms with van der Waals surface area (Å²) >= 11 is 0. The van der Waals surface area contributed by atoms with E-state index in [1.807, 2.05) is 12.2 Å². The van der Waals surface area contributed by atoms with E-state index in [-0.39, 0.29) is 17.1 Å². The average molecular weight is 355 g/mol. The van der Waals surface area contributed by atoms with Crippen LogP contribution in [0.5, 0.6) is 0 Å². The van der Waals surface area contributed by atoms with Crippen LogP contribution in [0.4, 0.5) is 0 Å². The Bertz CT molecular complexity index is 475. The van der Waals surface area contributed by atoms with Gasteiger partial charge in [-0.3, -0.25) is 0 Å². The van der Waals surface area contributed by atoms with Crippen molar-refractivity contribution in [1.82, 2.24) is 0 Å². The molecule has 132 valence electrons. The zero-order valence-electron chi connectivity index (χ0n) is 16.1. The molecule has 0 radical (unpaired) electrons. The molecule has 3 atom stereocenters. The van der Waals surface area contributed by atoms with Gasteiger partial charge in [0.2, 0.25) is 0 Å². The van der Waals surface area contributed by atoms with E-state index in [4.69, 9.17) is 9.16 Å². The van der Waals surface area contributed by atoms with Crippen LogP contribution in [0.15, 0.2) is 12.2 Å². The third kappa shape index (κ3) is 6.94. The molecule has 5 heteroatoms. The largest absolute Gasteiger partial charge is 0.414 e. The van der Waals surface area contributed by atoms with Crippen molar-refractivity contribution in [3.8, 4) is 11.5 Å². The Morgan fingerprint density at radius 3 is 2.26 bits per heavy atom. The van der Waals surface area contributed by atoms with E-state index in [9.17, 15) is 5.11 Å². The number of aliphatic hydroxyl groups is 1. The Labute approximate surface area is 144 Å². The minimum atomic E-state index is -1.74. The van der Waals surface area contributed by atoms with Crippen LogP contribution in [-0.4, -0.2) is 46.9 Å². The van der Waals surface area contributed by atoms with Crippen molar-refractivity contribution in [3.63, 3.8) is 0 Å². The van der Waals surface area contributed by atoms with E-state index >= 15 is 0 Å². The molecule has 23 heavy (non-hydrogen) atoms. The van der Waals surface area contributed by atoms with E-state index in [2.05, 4.69) is 65.0 Å². The first-order chi connectivity index (χ1) is 10.3. The van der Waals surface area contributed by atoms with Gasteiger partial charge >= 0.3 is 0 Å². The Morgan fingerprint density at radius 2 is 1.83 bits per heavy atom. The van der Waals surface area contributed by atoms with Crippen LogP contribution >= 0.6 is 0 Å². The smallest absolute Gasteiger partial charge is 0.192 e. The van der Waals surface area contributed by atoms with Crippen molar-refractivity contribution in [1.29, 1.82) is 0 Å². The van der Waals surface area contributed by atoms with Crippen LogP contribution in [0.25, 0.3) is 0 Å². The number of ether oxygens (including phenoxy) is 1. The second-order valence-corrected chi connectivity index (χ2v) is 18.5. The first-order valence-electron chi connectivity index (χ1n) is 8.46. The van der Waals surface area contributed by atoms with E-state index in [1.54, 1.807) is 0 Å². The van der Waals surface area contributed by atoms with E-state index in [1.165, 1.54) is 0 Å². The number of hydrogen-bond donors (Lipinski definition) is 1. The van der Waals surface area contributed by atoms with Crippen molar-refractivity contribution < 1.29 is 14.3 Å². The van der Waals surface area contributed by atoms with Gasteiger partial charge in [-0.15, -0.1) is 5.54 Å². The summed E-state index contributed by atoms with van der Waals surface area (Å²) in [5.41, 5.74) is 3.22. The Balaban J connectivity index is 2.54. The zero-order chi connectivity index (χ0) is 17.9. The molecule has 1 heterocycles. The van der Waals surface area contributed by atoms with Crippen LogP contribution < -0.4 is 0 Å². The summed E-state index contributed by atoms with van der Waals surface area (Å²) < 4.78 is 12.0. The fraction of sp³-hybridized carbons (Fsp3) is 0.778. The fourth-order valence-electron chi connectivity index (χ4n) is 1.82.